The van der Waals surface area contributed by atoms with Gasteiger partial charge < -0.3 is 5.11 Å². The summed E-state index contributed by atoms with van der Waals surface area (Å²) in [6, 6.07) is 6.47. The molecule has 3 nitrogen and oxygen atoms in total. The Morgan fingerprint density at radius 1 is 1.42 bits per heavy atom. The number of carbonyl (C=O) groups is 1. The highest BCUT2D eigenvalue weighted by atomic mass is 32.1. The van der Waals surface area contributed by atoms with Gasteiger partial charge in [-0.05, 0) is 41.7 Å². The van der Waals surface area contributed by atoms with Gasteiger partial charge in [0.25, 0.3) is 0 Å². The van der Waals surface area contributed by atoms with Crippen LogP contribution in [0.5, 0.6) is 0 Å². The molecule has 1 heterocycles. The number of halogens is 1. The summed E-state index contributed by atoms with van der Waals surface area (Å²) in [5.74, 6) is -1.47. The molecule has 1 N–H and O–H groups in total. The molecule has 0 saturated carbocycles. The van der Waals surface area contributed by atoms with Crippen molar-refractivity contribution in [1.29, 1.82) is 5.26 Å². The second-order valence-electron chi connectivity index (χ2n) is 4.33. The van der Waals surface area contributed by atoms with Crippen LogP contribution in [0.15, 0.2) is 18.2 Å². The van der Waals surface area contributed by atoms with Gasteiger partial charge in [-0.2, -0.15) is 5.26 Å². The first-order valence-electron chi connectivity index (χ1n) is 5.69. The Hall–Kier alpha value is -2.19. The molecule has 5 heteroatoms. The molecule has 0 aliphatic heterocycles. The number of hydrogen-bond acceptors (Lipinski definition) is 3. The minimum absolute atomic E-state index is 0.0772. The summed E-state index contributed by atoms with van der Waals surface area (Å²) >= 11 is 1.18. The summed E-state index contributed by atoms with van der Waals surface area (Å²) in [5, 5.41) is 18.1. The Morgan fingerprint density at radius 2 is 2.21 bits per heavy atom. The van der Waals surface area contributed by atoms with Crippen LogP contribution in [0.3, 0.4) is 0 Å². The third-order valence-electron chi connectivity index (χ3n) is 3.28. The van der Waals surface area contributed by atoms with Gasteiger partial charge in [0, 0.05) is 4.88 Å². The van der Waals surface area contributed by atoms with E-state index in [0.717, 1.165) is 16.0 Å². The maximum atomic E-state index is 13.6. The SMILES string of the molecule is N#Cc1c(F)ccc2c1CCc1cc(C(=O)O)sc1-2. The average Bonchev–Trinajstić information content (AvgIpc) is 2.82. The molecule has 0 radical (unpaired) electrons. The standard InChI is InChI=1S/C14H8FNO2S/c15-11-4-3-9-8(10(11)6-16)2-1-7-5-12(14(17)18)19-13(7)9/h3-5H,1-2H2,(H,17,18). The average molecular weight is 273 g/mol. The van der Waals surface area contributed by atoms with Gasteiger partial charge in [0.15, 0.2) is 0 Å². The van der Waals surface area contributed by atoms with E-state index < -0.39 is 11.8 Å². The zero-order valence-corrected chi connectivity index (χ0v) is 10.6. The quantitative estimate of drug-likeness (QED) is 0.867. The summed E-state index contributed by atoms with van der Waals surface area (Å²) in [6.07, 6.45) is 1.21. The van der Waals surface area contributed by atoms with Gasteiger partial charge in [-0.1, -0.05) is 6.07 Å². The number of carboxylic acid groups (broad SMARTS) is 1. The number of rotatable bonds is 1. The van der Waals surface area contributed by atoms with Crippen molar-refractivity contribution >= 4 is 17.3 Å². The van der Waals surface area contributed by atoms with E-state index >= 15 is 0 Å². The zero-order chi connectivity index (χ0) is 13.6. The first kappa shape index (κ1) is 11.9. The predicted octanol–water partition coefficient (Wildman–Crippen LogP) is 3.22. The lowest BCUT2D eigenvalue weighted by atomic mass is 9.88. The molecule has 1 aliphatic carbocycles. The second-order valence-corrected chi connectivity index (χ2v) is 5.38. The van der Waals surface area contributed by atoms with Crippen LogP contribution in [0.1, 0.15) is 26.4 Å². The number of nitriles is 1. The van der Waals surface area contributed by atoms with Gasteiger partial charge in [-0.25, -0.2) is 9.18 Å². The van der Waals surface area contributed by atoms with Crippen LogP contribution < -0.4 is 0 Å². The van der Waals surface area contributed by atoms with E-state index in [-0.39, 0.29) is 10.4 Å². The van der Waals surface area contributed by atoms with Crippen LogP contribution in [0, 0.1) is 17.1 Å². The van der Waals surface area contributed by atoms with E-state index in [9.17, 15) is 9.18 Å². The van der Waals surface area contributed by atoms with Crippen molar-refractivity contribution in [2.75, 3.05) is 0 Å². The largest absolute Gasteiger partial charge is 0.477 e. The van der Waals surface area contributed by atoms with E-state index in [2.05, 4.69) is 0 Å². The van der Waals surface area contributed by atoms with Gasteiger partial charge in [0.1, 0.15) is 16.8 Å². The molecule has 0 amide bonds. The van der Waals surface area contributed by atoms with E-state index in [4.69, 9.17) is 10.4 Å². The van der Waals surface area contributed by atoms with Crippen molar-refractivity contribution in [1.82, 2.24) is 0 Å². The van der Waals surface area contributed by atoms with Gasteiger partial charge in [-0.3, -0.25) is 0 Å². The van der Waals surface area contributed by atoms with Crippen molar-refractivity contribution in [2.24, 2.45) is 0 Å². The molecule has 2 aromatic rings. The molecule has 94 valence electrons. The summed E-state index contributed by atoms with van der Waals surface area (Å²) < 4.78 is 13.6. The molecule has 0 saturated heterocycles. The van der Waals surface area contributed by atoms with Crippen LogP contribution >= 0.6 is 11.3 Å². The Bertz CT molecular complexity index is 743. The molecule has 0 fully saturated rings. The van der Waals surface area contributed by atoms with Crippen LogP contribution in [0.4, 0.5) is 4.39 Å². The van der Waals surface area contributed by atoms with E-state index in [1.165, 1.54) is 17.4 Å². The molecular weight excluding hydrogens is 265 g/mol. The molecular formula is C14H8FNO2S. The predicted molar refractivity (Wildman–Crippen MR) is 68.8 cm³/mol. The number of nitrogens with zero attached hydrogens (tertiary/aromatic N) is 1. The molecule has 0 bridgehead atoms. The van der Waals surface area contributed by atoms with Gasteiger partial charge in [0.05, 0.1) is 5.56 Å². The van der Waals surface area contributed by atoms with E-state index in [0.29, 0.717) is 18.4 Å². The Balaban J connectivity index is 2.25. The fourth-order valence-corrected chi connectivity index (χ4v) is 3.52. The van der Waals surface area contributed by atoms with Crippen molar-refractivity contribution in [3.8, 4) is 16.5 Å². The van der Waals surface area contributed by atoms with Crippen LogP contribution in [-0.2, 0) is 12.8 Å². The van der Waals surface area contributed by atoms with Gasteiger partial charge >= 0.3 is 5.97 Å². The zero-order valence-electron chi connectivity index (χ0n) is 9.74. The Morgan fingerprint density at radius 3 is 2.89 bits per heavy atom. The Kier molecular flexibility index (Phi) is 2.61. The number of fused-ring (bicyclic) bond motifs is 3. The molecule has 0 spiro atoms. The maximum Gasteiger partial charge on any atom is 0.345 e. The molecule has 1 aromatic carbocycles. The topological polar surface area (TPSA) is 61.1 Å². The lowest BCUT2D eigenvalue weighted by Gasteiger charge is -2.17. The molecule has 1 aromatic heterocycles. The lowest BCUT2D eigenvalue weighted by Crippen LogP contribution is -2.05. The summed E-state index contributed by atoms with van der Waals surface area (Å²) in [6.45, 7) is 0. The molecule has 1 aliphatic rings. The fraction of sp³-hybridized carbons (Fsp3) is 0.143. The van der Waals surface area contributed by atoms with Crippen molar-refractivity contribution in [2.45, 2.75) is 12.8 Å². The Labute approximate surface area is 112 Å². The number of aryl methyl sites for hydroxylation is 1. The molecule has 0 unspecified atom stereocenters. The highest BCUT2D eigenvalue weighted by molar-refractivity contribution is 7.17. The minimum Gasteiger partial charge on any atom is -0.477 e. The third-order valence-corrected chi connectivity index (χ3v) is 4.48. The maximum absolute atomic E-state index is 13.6. The third kappa shape index (κ3) is 1.72. The number of benzene rings is 1. The number of hydrogen-bond donors (Lipinski definition) is 1. The molecule has 0 atom stereocenters. The van der Waals surface area contributed by atoms with E-state index in [1.54, 1.807) is 12.1 Å². The highest BCUT2D eigenvalue weighted by Crippen LogP contribution is 2.41. The van der Waals surface area contributed by atoms with Crippen LogP contribution in [-0.4, -0.2) is 11.1 Å². The summed E-state index contributed by atoms with van der Waals surface area (Å²) in [5.41, 5.74) is 2.52. The summed E-state index contributed by atoms with van der Waals surface area (Å²) in [7, 11) is 0. The second kappa shape index (κ2) is 4.18. The van der Waals surface area contributed by atoms with Crippen LogP contribution in [0.2, 0.25) is 0 Å². The fourth-order valence-electron chi connectivity index (χ4n) is 2.42. The smallest absolute Gasteiger partial charge is 0.345 e. The van der Waals surface area contributed by atoms with Gasteiger partial charge in [0.2, 0.25) is 0 Å². The first-order valence-corrected chi connectivity index (χ1v) is 6.51. The van der Waals surface area contributed by atoms with Gasteiger partial charge in [-0.15, -0.1) is 11.3 Å². The number of thiophene rings is 1. The monoisotopic (exact) mass is 273 g/mol. The number of carboxylic acids is 1. The lowest BCUT2D eigenvalue weighted by molar-refractivity contribution is 0.0702. The van der Waals surface area contributed by atoms with Crippen molar-refractivity contribution < 1.29 is 14.3 Å². The summed E-state index contributed by atoms with van der Waals surface area (Å²) in [4.78, 5) is 12.1. The van der Waals surface area contributed by atoms with Crippen molar-refractivity contribution in [3.05, 3.63) is 45.6 Å². The van der Waals surface area contributed by atoms with E-state index in [1.807, 2.05) is 6.07 Å². The highest BCUT2D eigenvalue weighted by Gasteiger charge is 2.24. The van der Waals surface area contributed by atoms with Crippen LogP contribution in [0.25, 0.3) is 10.4 Å². The van der Waals surface area contributed by atoms with Crippen molar-refractivity contribution in [3.63, 3.8) is 0 Å². The molecule has 3 rings (SSSR count). The first-order chi connectivity index (χ1) is 9.11. The molecule has 19 heavy (non-hydrogen) atoms. The number of aromatic carboxylic acids is 1. The minimum atomic E-state index is -0.955. The normalized spacial score (nSPS) is 12.4.